The van der Waals surface area contributed by atoms with Crippen LogP contribution in [0.15, 0.2) is 0 Å². The van der Waals surface area contributed by atoms with Crippen molar-refractivity contribution in [3.05, 3.63) is 5.01 Å². The van der Waals surface area contributed by atoms with Gasteiger partial charge in [0.05, 0.1) is 0 Å². The molecule has 2 atom stereocenters. The molecule has 2 heterocycles. The van der Waals surface area contributed by atoms with E-state index in [0.29, 0.717) is 10.9 Å². The average Bonchev–Trinajstić information content (AvgIpc) is 2.57. The number of hydrogen-bond acceptors (Lipinski definition) is 4. The van der Waals surface area contributed by atoms with Gasteiger partial charge in [-0.2, -0.15) is 0 Å². The van der Waals surface area contributed by atoms with Gasteiger partial charge in [0.25, 0.3) is 0 Å². The summed E-state index contributed by atoms with van der Waals surface area (Å²) in [6, 6.07) is 0.524. The van der Waals surface area contributed by atoms with Gasteiger partial charge in [0, 0.05) is 17.4 Å². The highest BCUT2D eigenvalue weighted by molar-refractivity contribution is 9.09. The van der Waals surface area contributed by atoms with E-state index in [1.165, 1.54) is 12.8 Å². The van der Waals surface area contributed by atoms with E-state index in [4.69, 9.17) is 0 Å². The van der Waals surface area contributed by atoms with Crippen LogP contribution in [0.4, 0.5) is 5.13 Å². The van der Waals surface area contributed by atoms with Crippen LogP contribution in [0.25, 0.3) is 0 Å². The molecule has 1 saturated heterocycles. The number of aryl methyl sites for hydroxylation is 1. The Balaban J connectivity index is 2.17. The van der Waals surface area contributed by atoms with E-state index < -0.39 is 0 Å². The van der Waals surface area contributed by atoms with Crippen molar-refractivity contribution >= 4 is 32.4 Å². The fraction of sp³-hybridized carbons (Fsp3) is 0.778. The molecule has 78 valence electrons. The third kappa shape index (κ3) is 1.93. The SMILES string of the molecule is Cc1nnc(N2CCCC(Br)C2C)s1. The molecule has 1 aromatic rings. The van der Waals surface area contributed by atoms with Gasteiger partial charge in [-0.05, 0) is 26.7 Å². The minimum atomic E-state index is 0.524. The predicted octanol–water partition coefficient (Wildman–Crippen LogP) is 2.60. The molecule has 0 aromatic carbocycles. The number of halogens is 1. The van der Waals surface area contributed by atoms with Crippen molar-refractivity contribution in [1.29, 1.82) is 0 Å². The number of aromatic nitrogens is 2. The highest BCUT2D eigenvalue weighted by Crippen LogP contribution is 2.30. The van der Waals surface area contributed by atoms with Crippen LogP contribution in [0.2, 0.25) is 0 Å². The number of anilines is 1. The molecule has 0 spiro atoms. The summed E-state index contributed by atoms with van der Waals surface area (Å²) in [6.45, 7) is 5.36. The van der Waals surface area contributed by atoms with Gasteiger partial charge in [0.1, 0.15) is 5.01 Å². The fourth-order valence-electron chi connectivity index (χ4n) is 1.77. The molecule has 1 fully saturated rings. The molecule has 0 bridgehead atoms. The third-order valence-corrected chi connectivity index (χ3v) is 4.75. The van der Waals surface area contributed by atoms with Crippen LogP contribution in [0.1, 0.15) is 24.8 Å². The van der Waals surface area contributed by atoms with E-state index in [0.717, 1.165) is 16.7 Å². The Morgan fingerprint density at radius 1 is 1.50 bits per heavy atom. The van der Waals surface area contributed by atoms with Crippen molar-refractivity contribution in [2.75, 3.05) is 11.4 Å². The van der Waals surface area contributed by atoms with Crippen molar-refractivity contribution in [2.24, 2.45) is 0 Å². The van der Waals surface area contributed by atoms with Crippen LogP contribution in [0, 0.1) is 6.92 Å². The molecule has 0 radical (unpaired) electrons. The Hall–Kier alpha value is -0.160. The molecule has 0 amide bonds. The molecule has 2 rings (SSSR count). The predicted molar refractivity (Wildman–Crippen MR) is 63.4 cm³/mol. The molecule has 0 saturated carbocycles. The summed E-state index contributed by atoms with van der Waals surface area (Å²) in [5.41, 5.74) is 0. The van der Waals surface area contributed by atoms with Crippen LogP contribution in [-0.2, 0) is 0 Å². The Bertz CT molecular complexity index is 315. The Kier molecular flexibility index (Phi) is 3.07. The zero-order valence-corrected chi connectivity index (χ0v) is 10.8. The molecule has 3 nitrogen and oxygen atoms in total. The third-order valence-electron chi connectivity index (χ3n) is 2.66. The first-order valence-electron chi connectivity index (χ1n) is 4.89. The summed E-state index contributed by atoms with van der Waals surface area (Å²) >= 11 is 5.40. The molecule has 1 aromatic heterocycles. The van der Waals surface area contributed by atoms with Crippen molar-refractivity contribution < 1.29 is 0 Å². The van der Waals surface area contributed by atoms with Crippen LogP contribution in [0.5, 0.6) is 0 Å². The zero-order valence-electron chi connectivity index (χ0n) is 8.40. The minimum absolute atomic E-state index is 0.524. The lowest BCUT2D eigenvalue weighted by atomic mass is 10.0. The van der Waals surface area contributed by atoms with E-state index >= 15 is 0 Å². The Morgan fingerprint density at radius 3 is 2.93 bits per heavy atom. The first-order valence-corrected chi connectivity index (χ1v) is 6.62. The molecule has 1 aliphatic rings. The average molecular weight is 276 g/mol. The normalized spacial score (nSPS) is 28.1. The largest absolute Gasteiger partial charge is 0.343 e. The summed E-state index contributed by atoms with van der Waals surface area (Å²) in [6.07, 6.45) is 2.49. The Labute approximate surface area is 96.7 Å². The number of rotatable bonds is 1. The summed E-state index contributed by atoms with van der Waals surface area (Å²) in [5, 5.41) is 10.4. The highest BCUT2D eigenvalue weighted by Gasteiger charge is 2.27. The molecular weight excluding hydrogens is 262 g/mol. The topological polar surface area (TPSA) is 29.0 Å². The second-order valence-corrected chi connectivity index (χ2v) is 6.03. The molecule has 2 unspecified atom stereocenters. The minimum Gasteiger partial charge on any atom is -0.343 e. The van der Waals surface area contributed by atoms with Gasteiger partial charge in [-0.15, -0.1) is 10.2 Å². The van der Waals surface area contributed by atoms with E-state index in [-0.39, 0.29) is 0 Å². The van der Waals surface area contributed by atoms with Gasteiger partial charge in [0.15, 0.2) is 0 Å². The van der Waals surface area contributed by atoms with E-state index in [1.54, 1.807) is 11.3 Å². The summed E-state index contributed by atoms with van der Waals surface area (Å²) < 4.78 is 0. The lowest BCUT2D eigenvalue weighted by Gasteiger charge is -2.36. The van der Waals surface area contributed by atoms with E-state index in [1.807, 2.05) is 6.92 Å². The van der Waals surface area contributed by atoms with Crippen LogP contribution in [0.3, 0.4) is 0 Å². The lowest BCUT2D eigenvalue weighted by molar-refractivity contribution is 0.501. The van der Waals surface area contributed by atoms with E-state index in [2.05, 4.69) is 38.0 Å². The van der Waals surface area contributed by atoms with Gasteiger partial charge in [-0.1, -0.05) is 27.3 Å². The Morgan fingerprint density at radius 2 is 2.29 bits per heavy atom. The molecule has 1 aliphatic heterocycles. The maximum absolute atomic E-state index is 4.20. The first kappa shape index (κ1) is 10.4. The monoisotopic (exact) mass is 275 g/mol. The van der Waals surface area contributed by atoms with Gasteiger partial charge in [-0.3, -0.25) is 0 Å². The molecule has 0 N–H and O–H groups in total. The molecule has 0 aliphatic carbocycles. The van der Waals surface area contributed by atoms with Crippen LogP contribution in [-0.4, -0.2) is 27.6 Å². The summed E-state index contributed by atoms with van der Waals surface area (Å²) in [7, 11) is 0. The standard InChI is InChI=1S/C9H14BrN3S/c1-6-8(10)4-3-5-13(6)9-12-11-7(2)14-9/h6,8H,3-5H2,1-2H3. The van der Waals surface area contributed by atoms with Crippen molar-refractivity contribution in [1.82, 2.24) is 10.2 Å². The number of alkyl halides is 1. The smallest absolute Gasteiger partial charge is 0.208 e. The van der Waals surface area contributed by atoms with Crippen molar-refractivity contribution in [3.8, 4) is 0 Å². The maximum Gasteiger partial charge on any atom is 0.208 e. The fourth-order valence-corrected chi connectivity index (χ4v) is 3.18. The first-order chi connectivity index (χ1) is 6.68. The van der Waals surface area contributed by atoms with Crippen molar-refractivity contribution in [3.63, 3.8) is 0 Å². The lowest BCUT2D eigenvalue weighted by Crippen LogP contribution is -2.44. The maximum atomic E-state index is 4.20. The van der Waals surface area contributed by atoms with Gasteiger partial charge >= 0.3 is 0 Å². The zero-order chi connectivity index (χ0) is 10.1. The molecular formula is C9H14BrN3S. The highest BCUT2D eigenvalue weighted by atomic mass is 79.9. The van der Waals surface area contributed by atoms with Gasteiger partial charge < -0.3 is 4.90 Å². The second-order valence-electron chi connectivity index (χ2n) is 3.70. The van der Waals surface area contributed by atoms with Crippen molar-refractivity contribution in [2.45, 2.75) is 37.6 Å². The number of hydrogen-bond donors (Lipinski definition) is 0. The van der Waals surface area contributed by atoms with Crippen LogP contribution < -0.4 is 4.90 Å². The quantitative estimate of drug-likeness (QED) is 0.738. The van der Waals surface area contributed by atoms with Gasteiger partial charge in [0.2, 0.25) is 5.13 Å². The number of piperidine rings is 1. The summed E-state index contributed by atoms with van der Waals surface area (Å²) in [5.74, 6) is 0. The number of nitrogens with zero attached hydrogens (tertiary/aromatic N) is 3. The van der Waals surface area contributed by atoms with Gasteiger partial charge in [-0.25, -0.2) is 0 Å². The second kappa shape index (κ2) is 4.14. The van der Waals surface area contributed by atoms with E-state index in [9.17, 15) is 0 Å². The summed E-state index contributed by atoms with van der Waals surface area (Å²) in [4.78, 5) is 2.94. The van der Waals surface area contributed by atoms with Crippen LogP contribution >= 0.6 is 27.3 Å². The molecule has 14 heavy (non-hydrogen) atoms. The molecule has 5 heteroatoms.